The van der Waals surface area contributed by atoms with Crippen molar-refractivity contribution in [2.75, 3.05) is 33.7 Å². The summed E-state index contributed by atoms with van der Waals surface area (Å²) in [4.78, 5) is 4.37. The normalized spacial score (nSPS) is 17.9. The molecule has 76 valence electrons. The van der Waals surface area contributed by atoms with Crippen LogP contribution in [0.4, 0.5) is 0 Å². The monoisotopic (exact) mass is 183 g/mol. The van der Waals surface area contributed by atoms with E-state index in [0.29, 0.717) is 0 Å². The number of nitrogens with zero attached hydrogens (tertiary/aromatic N) is 2. The molecule has 0 aliphatic carbocycles. The smallest absolute Gasteiger partial charge is 0.0970 e. The standard InChI is InChI=1S/C10H21N3/c1-12(2)9-6-10(11)13-7-4-3-5-8-13/h11H,3-9H2,1-2H3. The first kappa shape index (κ1) is 10.5. The Bertz CT molecular complexity index is 160. The van der Waals surface area contributed by atoms with Gasteiger partial charge in [-0.3, -0.25) is 5.41 Å². The first-order valence-corrected chi connectivity index (χ1v) is 5.17. The topological polar surface area (TPSA) is 30.3 Å². The van der Waals surface area contributed by atoms with Gasteiger partial charge in [-0.25, -0.2) is 0 Å². The number of rotatable bonds is 3. The van der Waals surface area contributed by atoms with Gasteiger partial charge in [0.15, 0.2) is 0 Å². The number of hydrogen-bond donors (Lipinski definition) is 1. The fraction of sp³-hybridized carbons (Fsp3) is 0.900. The molecule has 0 bridgehead atoms. The van der Waals surface area contributed by atoms with Crippen LogP contribution >= 0.6 is 0 Å². The molecular weight excluding hydrogens is 162 g/mol. The summed E-state index contributed by atoms with van der Waals surface area (Å²) in [5, 5.41) is 7.88. The Balaban J connectivity index is 2.21. The third kappa shape index (κ3) is 3.77. The summed E-state index contributed by atoms with van der Waals surface area (Å²) in [5.74, 6) is 0.827. The Morgan fingerprint density at radius 1 is 1.23 bits per heavy atom. The van der Waals surface area contributed by atoms with Gasteiger partial charge in [0.1, 0.15) is 0 Å². The van der Waals surface area contributed by atoms with Gasteiger partial charge in [0, 0.05) is 26.1 Å². The quantitative estimate of drug-likeness (QED) is 0.529. The molecule has 1 saturated heterocycles. The zero-order valence-corrected chi connectivity index (χ0v) is 8.84. The molecule has 1 heterocycles. The SMILES string of the molecule is CN(C)CCC(=N)N1CCCCC1. The molecule has 1 N–H and O–H groups in total. The molecule has 0 aromatic carbocycles. The van der Waals surface area contributed by atoms with Crippen LogP contribution in [0.25, 0.3) is 0 Å². The highest BCUT2D eigenvalue weighted by atomic mass is 15.2. The van der Waals surface area contributed by atoms with E-state index in [1.807, 2.05) is 0 Å². The minimum absolute atomic E-state index is 0.827. The molecule has 1 rings (SSSR count). The third-order valence-electron chi connectivity index (χ3n) is 2.53. The van der Waals surface area contributed by atoms with Gasteiger partial charge in [-0.2, -0.15) is 0 Å². The number of likely N-dealkylation sites (tertiary alicyclic amines) is 1. The van der Waals surface area contributed by atoms with E-state index in [9.17, 15) is 0 Å². The van der Waals surface area contributed by atoms with Crippen LogP contribution in [0.2, 0.25) is 0 Å². The lowest BCUT2D eigenvalue weighted by molar-refractivity contribution is 0.327. The van der Waals surface area contributed by atoms with Crippen LogP contribution in [0.1, 0.15) is 25.7 Å². The van der Waals surface area contributed by atoms with Crippen molar-refractivity contribution in [3.05, 3.63) is 0 Å². The van der Waals surface area contributed by atoms with E-state index in [1.165, 1.54) is 19.3 Å². The van der Waals surface area contributed by atoms with E-state index in [4.69, 9.17) is 5.41 Å². The highest BCUT2D eigenvalue weighted by Gasteiger charge is 2.12. The third-order valence-corrected chi connectivity index (χ3v) is 2.53. The molecule has 1 aliphatic rings. The van der Waals surface area contributed by atoms with Crippen molar-refractivity contribution in [2.45, 2.75) is 25.7 Å². The zero-order valence-electron chi connectivity index (χ0n) is 8.84. The molecule has 0 atom stereocenters. The van der Waals surface area contributed by atoms with E-state index in [0.717, 1.165) is 31.9 Å². The van der Waals surface area contributed by atoms with Crippen molar-refractivity contribution in [2.24, 2.45) is 0 Å². The molecule has 13 heavy (non-hydrogen) atoms. The molecule has 0 aromatic heterocycles. The molecular formula is C10H21N3. The lowest BCUT2D eigenvalue weighted by Crippen LogP contribution is -2.36. The highest BCUT2D eigenvalue weighted by Crippen LogP contribution is 2.09. The molecule has 1 aliphatic heterocycles. The van der Waals surface area contributed by atoms with Gasteiger partial charge in [0.25, 0.3) is 0 Å². The zero-order chi connectivity index (χ0) is 9.68. The molecule has 0 unspecified atom stereocenters. The van der Waals surface area contributed by atoms with Gasteiger partial charge in [0.2, 0.25) is 0 Å². The van der Waals surface area contributed by atoms with E-state index in [-0.39, 0.29) is 0 Å². The first-order chi connectivity index (χ1) is 6.20. The van der Waals surface area contributed by atoms with Crippen LogP contribution in [-0.2, 0) is 0 Å². The lowest BCUT2D eigenvalue weighted by Gasteiger charge is -2.29. The Labute approximate surface area is 81.2 Å². The summed E-state index contributed by atoms with van der Waals surface area (Å²) in [7, 11) is 4.12. The minimum Gasteiger partial charge on any atom is -0.361 e. The summed E-state index contributed by atoms with van der Waals surface area (Å²) in [6, 6.07) is 0. The summed E-state index contributed by atoms with van der Waals surface area (Å²) in [5.41, 5.74) is 0. The maximum absolute atomic E-state index is 7.88. The van der Waals surface area contributed by atoms with E-state index < -0.39 is 0 Å². The van der Waals surface area contributed by atoms with E-state index >= 15 is 0 Å². The van der Waals surface area contributed by atoms with Crippen molar-refractivity contribution in [3.63, 3.8) is 0 Å². The molecule has 0 amide bonds. The second-order valence-corrected chi connectivity index (χ2v) is 4.05. The lowest BCUT2D eigenvalue weighted by atomic mass is 10.1. The van der Waals surface area contributed by atoms with Crippen LogP contribution in [0.3, 0.4) is 0 Å². The van der Waals surface area contributed by atoms with Gasteiger partial charge >= 0.3 is 0 Å². The minimum atomic E-state index is 0.827. The summed E-state index contributed by atoms with van der Waals surface area (Å²) < 4.78 is 0. The summed E-state index contributed by atoms with van der Waals surface area (Å²) in [6.07, 6.45) is 4.78. The van der Waals surface area contributed by atoms with Crippen LogP contribution in [0.15, 0.2) is 0 Å². The van der Waals surface area contributed by atoms with Crippen LogP contribution in [0, 0.1) is 5.41 Å². The number of hydrogen-bond acceptors (Lipinski definition) is 2. The molecule has 3 heteroatoms. The largest absolute Gasteiger partial charge is 0.361 e. The van der Waals surface area contributed by atoms with Crippen LogP contribution in [0.5, 0.6) is 0 Å². The van der Waals surface area contributed by atoms with E-state index in [2.05, 4.69) is 23.9 Å². The highest BCUT2D eigenvalue weighted by molar-refractivity contribution is 5.79. The first-order valence-electron chi connectivity index (χ1n) is 5.17. The van der Waals surface area contributed by atoms with Gasteiger partial charge in [-0.05, 0) is 33.4 Å². The van der Waals surface area contributed by atoms with Crippen molar-refractivity contribution >= 4 is 5.84 Å². The van der Waals surface area contributed by atoms with Crippen LogP contribution in [-0.4, -0.2) is 49.4 Å². The predicted octanol–water partition coefficient (Wildman–Crippen LogP) is 1.40. The second-order valence-electron chi connectivity index (χ2n) is 4.05. The van der Waals surface area contributed by atoms with E-state index in [1.54, 1.807) is 0 Å². The maximum atomic E-state index is 7.88. The average Bonchev–Trinajstić information content (AvgIpc) is 2.15. The fourth-order valence-corrected chi connectivity index (χ4v) is 1.65. The Morgan fingerprint density at radius 2 is 1.85 bits per heavy atom. The predicted molar refractivity (Wildman–Crippen MR) is 56.3 cm³/mol. The van der Waals surface area contributed by atoms with Crippen molar-refractivity contribution in [3.8, 4) is 0 Å². The number of piperidine rings is 1. The van der Waals surface area contributed by atoms with Crippen molar-refractivity contribution in [1.82, 2.24) is 9.80 Å². The van der Waals surface area contributed by atoms with Crippen LogP contribution < -0.4 is 0 Å². The summed E-state index contributed by atoms with van der Waals surface area (Å²) in [6.45, 7) is 3.20. The molecule has 0 spiro atoms. The maximum Gasteiger partial charge on any atom is 0.0970 e. The van der Waals surface area contributed by atoms with Gasteiger partial charge in [0.05, 0.1) is 5.84 Å². The van der Waals surface area contributed by atoms with Gasteiger partial charge < -0.3 is 9.80 Å². The molecule has 3 nitrogen and oxygen atoms in total. The Kier molecular flexibility index (Phi) is 4.22. The Morgan fingerprint density at radius 3 is 2.38 bits per heavy atom. The number of nitrogens with one attached hydrogen (secondary N) is 1. The number of amidine groups is 1. The molecule has 0 aromatic rings. The van der Waals surface area contributed by atoms with Gasteiger partial charge in [-0.15, -0.1) is 0 Å². The van der Waals surface area contributed by atoms with Crippen molar-refractivity contribution in [1.29, 1.82) is 5.41 Å². The molecule has 1 fully saturated rings. The average molecular weight is 183 g/mol. The fourth-order valence-electron chi connectivity index (χ4n) is 1.65. The van der Waals surface area contributed by atoms with Crippen molar-refractivity contribution < 1.29 is 0 Å². The Hall–Kier alpha value is -0.570. The molecule has 0 saturated carbocycles. The second kappa shape index (κ2) is 5.22. The van der Waals surface area contributed by atoms with Gasteiger partial charge in [-0.1, -0.05) is 0 Å². The summed E-state index contributed by atoms with van der Waals surface area (Å²) >= 11 is 0. The molecule has 0 radical (unpaired) electrons.